The van der Waals surface area contributed by atoms with Crippen LogP contribution in [0.5, 0.6) is 0 Å². The maximum absolute atomic E-state index is 12.6. The molecular formula is C20H27N3O2S2. The fourth-order valence-corrected chi connectivity index (χ4v) is 6.06. The van der Waals surface area contributed by atoms with Crippen LogP contribution in [0.4, 0.5) is 0 Å². The number of likely N-dealkylation sites (tertiary alicyclic amines) is 2. The molecule has 1 aromatic carbocycles. The Morgan fingerprint density at radius 1 is 1.19 bits per heavy atom. The summed E-state index contributed by atoms with van der Waals surface area (Å²) in [6.45, 7) is 4.03. The van der Waals surface area contributed by atoms with Crippen molar-refractivity contribution in [1.82, 2.24) is 14.8 Å². The van der Waals surface area contributed by atoms with Crippen LogP contribution in [0.25, 0.3) is 10.2 Å². The Morgan fingerprint density at radius 3 is 2.63 bits per heavy atom. The van der Waals surface area contributed by atoms with Crippen LogP contribution < -0.4 is 0 Å². The molecule has 1 aromatic heterocycles. The summed E-state index contributed by atoms with van der Waals surface area (Å²) in [5, 5.41) is 0. The third-order valence-corrected chi connectivity index (χ3v) is 7.90. The van der Waals surface area contributed by atoms with Crippen LogP contribution in [0, 0.1) is 0 Å². The lowest BCUT2D eigenvalue weighted by Crippen LogP contribution is -2.50. The van der Waals surface area contributed by atoms with Crippen LogP contribution >= 0.6 is 23.1 Å². The first-order valence-corrected chi connectivity index (χ1v) is 11.6. The molecule has 0 saturated carbocycles. The van der Waals surface area contributed by atoms with Crippen LogP contribution in [0.2, 0.25) is 0 Å². The second kappa shape index (κ2) is 8.90. The number of ether oxygens (including phenoxy) is 1. The van der Waals surface area contributed by atoms with E-state index in [9.17, 15) is 4.79 Å². The van der Waals surface area contributed by atoms with E-state index in [2.05, 4.69) is 16.0 Å². The Hall–Kier alpha value is -1.15. The second-order valence-corrected chi connectivity index (χ2v) is 9.57. The molecule has 0 N–H and O–H groups in total. The minimum atomic E-state index is 0.246. The number of benzene rings is 1. The minimum absolute atomic E-state index is 0.246. The van der Waals surface area contributed by atoms with Crippen molar-refractivity contribution in [2.75, 3.05) is 39.0 Å². The molecule has 27 heavy (non-hydrogen) atoms. The average molecular weight is 406 g/mol. The van der Waals surface area contributed by atoms with Gasteiger partial charge >= 0.3 is 0 Å². The lowest BCUT2D eigenvalue weighted by atomic mass is 9.99. The number of para-hydroxylation sites is 1. The third-order valence-electron chi connectivity index (χ3n) is 5.74. The van der Waals surface area contributed by atoms with E-state index in [1.165, 1.54) is 4.70 Å². The molecule has 2 saturated heterocycles. The van der Waals surface area contributed by atoms with Gasteiger partial charge in [0.05, 0.1) is 22.1 Å². The number of aromatic nitrogens is 1. The van der Waals surface area contributed by atoms with Gasteiger partial charge in [-0.25, -0.2) is 4.98 Å². The monoisotopic (exact) mass is 405 g/mol. The van der Waals surface area contributed by atoms with Crippen molar-refractivity contribution < 1.29 is 9.53 Å². The molecule has 2 aliphatic heterocycles. The minimum Gasteiger partial charge on any atom is -0.381 e. The summed E-state index contributed by atoms with van der Waals surface area (Å²) >= 11 is 3.24. The molecule has 0 unspecified atom stereocenters. The molecule has 4 rings (SSSR count). The van der Waals surface area contributed by atoms with Crippen LogP contribution in [0.1, 0.15) is 25.7 Å². The van der Waals surface area contributed by atoms with E-state index >= 15 is 0 Å². The Bertz CT molecular complexity index is 732. The highest BCUT2D eigenvalue weighted by atomic mass is 32.2. The third kappa shape index (κ3) is 4.65. The highest BCUT2D eigenvalue weighted by Crippen LogP contribution is 2.30. The Balaban J connectivity index is 1.23. The normalized spacial score (nSPS) is 20.4. The zero-order valence-electron chi connectivity index (χ0n) is 15.8. The number of rotatable bonds is 5. The number of hydrogen-bond donors (Lipinski definition) is 0. The van der Waals surface area contributed by atoms with E-state index in [4.69, 9.17) is 4.74 Å². The van der Waals surface area contributed by atoms with Gasteiger partial charge in [0.2, 0.25) is 5.91 Å². The molecule has 146 valence electrons. The fourth-order valence-electron chi connectivity index (χ4n) is 4.08. The van der Waals surface area contributed by atoms with E-state index in [0.717, 1.165) is 61.7 Å². The molecule has 0 spiro atoms. The van der Waals surface area contributed by atoms with Crippen molar-refractivity contribution in [1.29, 1.82) is 0 Å². The largest absolute Gasteiger partial charge is 0.381 e. The van der Waals surface area contributed by atoms with E-state index < -0.39 is 0 Å². The van der Waals surface area contributed by atoms with Gasteiger partial charge in [-0.3, -0.25) is 4.79 Å². The molecule has 3 heterocycles. The molecule has 5 nitrogen and oxygen atoms in total. The summed E-state index contributed by atoms with van der Waals surface area (Å²) in [7, 11) is 1.82. The number of hydrogen-bond acceptors (Lipinski definition) is 6. The van der Waals surface area contributed by atoms with Gasteiger partial charge < -0.3 is 14.5 Å². The first-order valence-electron chi connectivity index (χ1n) is 9.76. The number of thioether (sulfide) groups is 1. The van der Waals surface area contributed by atoms with Crippen molar-refractivity contribution in [3.63, 3.8) is 0 Å². The Labute approximate surface area is 169 Å². The van der Waals surface area contributed by atoms with Crippen LogP contribution in [0.3, 0.4) is 0 Å². The molecule has 2 aliphatic rings. The Morgan fingerprint density at radius 2 is 1.93 bits per heavy atom. The number of carbonyl (C=O) groups is 1. The van der Waals surface area contributed by atoms with Crippen LogP contribution in [0.15, 0.2) is 28.6 Å². The standard InChI is InChI=1S/C20H27N3O2S2/c1-25-16-8-12-22(13-9-16)15-6-10-23(11-7-15)19(24)14-26-20-21-17-4-2-3-5-18(17)27-20/h2-5,15-16H,6-14H2,1H3. The quantitative estimate of drug-likeness (QED) is 0.713. The van der Waals surface area contributed by atoms with Gasteiger partial charge in [0, 0.05) is 39.3 Å². The zero-order chi connectivity index (χ0) is 18.6. The second-order valence-electron chi connectivity index (χ2n) is 7.32. The Kier molecular flexibility index (Phi) is 6.32. The number of amides is 1. The summed E-state index contributed by atoms with van der Waals surface area (Å²) in [5.41, 5.74) is 1.02. The summed E-state index contributed by atoms with van der Waals surface area (Å²) in [5.74, 6) is 0.736. The smallest absolute Gasteiger partial charge is 0.233 e. The zero-order valence-corrected chi connectivity index (χ0v) is 17.4. The predicted molar refractivity (Wildman–Crippen MR) is 112 cm³/mol. The van der Waals surface area contributed by atoms with Crippen molar-refractivity contribution in [2.45, 2.75) is 42.2 Å². The van der Waals surface area contributed by atoms with Gasteiger partial charge in [0.15, 0.2) is 4.34 Å². The van der Waals surface area contributed by atoms with Gasteiger partial charge in [0.1, 0.15) is 0 Å². The molecule has 0 bridgehead atoms. The number of piperidine rings is 2. The fraction of sp³-hybridized carbons (Fsp3) is 0.600. The van der Waals surface area contributed by atoms with E-state index in [1.54, 1.807) is 23.1 Å². The number of carbonyl (C=O) groups excluding carboxylic acids is 1. The van der Waals surface area contributed by atoms with Crippen LogP contribution in [-0.4, -0.2) is 71.9 Å². The van der Waals surface area contributed by atoms with E-state index in [0.29, 0.717) is 17.9 Å². The van der Waals surface area contributed by atoms with Gasteiger partial charge in [-0.2, -0.15) is 0 Å². The highest BCUT2D eigenvalue weighted by molar-refractivity contribution is 8.01. The average Bonchev–Trinajstić information content (AvgIpc) is 3.15. The predicted octanol–water partition coefficient (Wildman–Crippen LogP) is 3.49. The first kappa shape index (κ1) is 19.2. The molecule has 0 atom stereocenters. The summed E-state index contributed by atoms with van der Waals surface area (Å²) in [6, 6.07) is 8.77. The number of fused-ring (bicyclic) bond motifs is 1. The molecule has 0 aliphatic carbocycles. The summed E-state index contributed by atoms with van der Waals surface area (Å²) in [6.07, 6.45) is 4.88. The molecule has 1 amide bonds. The molecule has 0 radical (unpaired) electrons. The lowest BCUT2D eigenvalue weighted by Gasteiger charge is -2.41. The topological polar surface area (TPSA) is 45.7 Å². The molecular weight excluding hydrogens is 378 g/mol. The summed E-state index contributed by atoms with van der Waals surface area (Å²) < 4.78 is 7.64. The van der Waals surface area contributed by atoms with Crippen molar-refractivity contribution in [2.24, 2.45) is 0 Å². The van der Waals surface area contributed by atoms with E-state index in [1.807, 2.05) is 30.2 Å². The van der Waals surface area contributed by atoms with Gasteiger partial charge in [-0.05, 0) is 37.8 Å². The van der Waals surface area contributed by atoms with Crippen molar-refractivity contribution in [3.8, 4) is 0 Å². The maximum Gasteiger partial charge on any atom is 0.233 e. The van der Waals surface area contributed by atoms with Gasteiger partial charge in [-0.15, -0.1) is 11.3 Å². The number of methoxy groups -OCH3 is 1. The van der Waals surface area contributed by atoms with Crippen molar-refractivity contribution >= 4 is 39.2 Å². The first-order chi connectivity index (χ1) is 13.2. The maximum atomic E-state index is 12.6. The van der Waals surface area contributed by atoms with Gasteiger partial charge in [0.25, 0.3) is 0 Å². The van der Waals surface area contributed by atoms with Crippen LogP contribution in [-0.2, 0) is 9.53 Å². The van der Waals surface area contributed by atoms with Crippen molar-refractivity contribution in [3.05, 3.63) is 24.3 Å². The lowest BCUT2D eigenvalue weighted by molar-refractivity contribution is -0.130. The number of thiazole rings is 1. The SMILES string of the molecule is COC1CCN(C2CCN(C(=O)CSc3nc4ccccc4s3)CC2)CC1. The highest BCUT2D eigenvalue weighted by Gasteiger charge is 2.29. The summed E-state index contributed by atoms with van der Waals surface area (Å²) in [4.78, 5) is 21.9. The van der Waals surface area contributed by atoms with Gasteiger partial charge in [-0.1, -0.05) is 23.9 Å². The van der Waals surface area contributed by atoms with E-state index in [-0.39, 0.29) is 5.91 Å². The number of nitrogens with zero attached hydrogens (tertiary/aromatic N) is 3. The molecule has 2 aromatic rings. The molecule has 7 heteroatoms. The molecule has 2 fully saturated rings.